The molecule has 0 radical (unpaired) electrons. The van der Waals surface area contributed by atoms with E-state index in [9.17, 15) is 0 Å². The maximum Gasteiger partial charge on any atom is 0.228 e. The summed E-state index contributed by atoms with van der Waals surface area (Å²) in [5.41, 5.74) is 5.36. The Hall–Kier alpha value is -1.90. The van der Waals surface area contributed by atoms with Crippen molar-refractivity contribution in [2.24, 2.45) is 0 Å². The molecule has 1 aromatic carbocycles. The molecule has 1 N–H and O–H groups in total. The van der Waals surface area contributed by atoms with Crippen LogP contribution in [0.5, 0.6) is 0 Å². The maximum absolute atomic E-state index is 4.78. The van der Waals surface area contributed by atoms with Crippen LogP contribution in [0.1, 0.15) is 30.9 Å². The van der Waals surface area contributed by atoms with Crippen molar-refractivity contribution in [2.45, 2.75) is 45.2 Å². The number of nitrogens with zero attached hydrogens (tertiary/aromatic N) is 2. The molecule has 1 unspecified atom stereocenters. The molecule has 1 aliphatic carbocycles. The van der Waals surface area contributed by atoms with Gasteiger partial charge in [0.1, 0.15) is 12.6 Å². The van der Waals surface area contributed by atoms with E-state index in [1.165, 1.54) is 34.6 Å². The summed E-state index contributed by atoms with van der Waals surface area (Å²) in [6.45, 7) is 3.29. The summed E-state index contributed by atoms with van der Waals surface area (Å²) >= 11 is 0. The van der Waals surface area contributed by atoms with Gasteiger partial charge in [0.25, 0.3) is 0 Å². The Labute approximate surface area is 119 Å². The lowest BCUT2D eigenvalue weighted by atomic mass is 10.0. The Morgan fingerprint density at radius 2 is 2.20 bits per heavy atom. The van der Waals surface area contributed by atoms with Crippen LogP contribution in [0.4, 0.5) is 5.82 Å². The highest BCUT2D eigenvalue weighted by Gasteiger charge is 2.31. The number of rotatable bonds is 1. The van der Waals surface area contributed by atoms with Gasteiger partial charge in [-0.2, -0.15) is 0 Å². The third-order valence-corrected chi connectivity index (χ3v) is 4.58. The molecule has 3 heteroatoms. The minimum atomic E-state index is 0.557. The van der Waals surface area contributed by atoms with E-state index in [1.54, 1.807) is 0 Å². The standard InChI is InChI=1S/C17H19N3/c1-2-13-10-20-11-18-16-14-8-4-3-6-12(14)7-5-9-15(16)17(20)19-13/h3-4,6,8,11,13H,2,5,7,9-10H2,1H3/p+1. The van der Waals surface area contributed by atoms with Crippen LogP contribution in [-0.4, -0.2) is 11.0 Å². The highest BCUT2D eigenvalue weighted by Crippen LogP contribution is 2.34. The van der Waals surface area contributed by atoms with Crippen LogP contribution in [0.2, 0.25) is 0 Å². The first-order valence-electron chi connectivity index (χ1n) is 7.63. The molecule has 2 aliphatic rings. The topological polar surface area (TPSA) is 28.8 Å². The van der Waals surface area contributed by atoms with Crippen molar-refractivity contribution in [3.05, 3.63) is 41.7 Å². The summed E-state index contributed by atoms with van der Waals surface area (Å²) < 4.78 is 2.29. The van der Waals surface area contributed by atoms with E-state index >= 15 is 0 Å². The number of hydrogen-bond acceptors (Lipinski definition) is 2. The van der Waals surface area contributed by atoms with E-state index in [2.05, 4.69) is 41.1 Å². The first kappa shape index (κ1) is 11.9. The summed E-state index contributed by atoms with van der Waals surface area (Å²) in [5, 5.41) is 3.69. The van der Waals surface area contributed by atoms with Crippen molar-refractivity contribution >= 4 is 5.82 Å². The molecule has 0 amide bonds. The Kier molecular flexibility index (Phi) is 2.72. The molecule has 2 heterocycles. The van der Waals surface area contributed by atoms with Gasteiger partial charge in [-0.25, -0.2) is 4.57 Å². The molecule has 0 bridgehead atoms. The molecule has 1 aromatic heterocycles. The highest BCUT2D eigenvalue weighted by molar-refractivity contribution is 5.71. The van der Waals surface area contributed by atoms with E-state index in [-0.39, 0.29) is 0 Å². The van der Waals surface area contributed by atoms with Crippen molar-refractivity contribution in [2.75, 3.05) is 5.32 Å². The average molecular weight is 266 g/mol. The molecule has 2 aromatic rings. The fourth-order valence-corrected chi connectivity index (χ4v) is 3.46. The second-order valence-electron chi connectivity index (χ2n) is 5.83. The molecule has 0 saturated heterocycles. The van der Waals surface area contributed by atoms with Crippen molar-refractivity contribution in [1.82, 2.24) is 4.98 Å². The molecule has 1 atom stereocenters. The monoisotopic (exact) mass is 266 g/mol. The van der Waals surface area contributed by atoms with Gasteiger partial charge in [0, 0.05) is 5.56 Å². The lowest BCUT2D eigenvalue weighted by molar-refractivity contribution is -0.676. The molecule has 102 valence electrons. The van der Waals surface area contributed by atoms with E-state index in [0.29, 0.717) is 6.04 Å². The number of aromatic nitrogens is 2. The smallest absolute Gasteiger partial charge is 0.228 e. The van der Waals surface area contributed by atoms with E-state index in [1.807, 2.05) is 6.33 Å². The van der Waals surface area contributed by atoms with Crippen molar-refractivity contribution in [3.8, 4) is 11.3 Å². The van der Waals surface area contributed by atoms with Crippen LogP contribution in [0.25, 0.3) is 11.3 Å². The van der Waals surface area contributed by atoms with Crippen LogP contribution < -0.4 is 9.88 Å². The van der Waals surface area contributed by atoms with Crippen molar-refractivity contribution in [1.29, 1.82) is 0 Å². The van der Waals surface area contributed by atoms with Gasteiger partial charge in [-0.15, -0.1) is 4.98 Å². The fraction of sp³-hybridized carbons (Fsp3) is 0.412. The normalized spacial score (nSPS) is 19.6. The summed E-state index contributed by atoms with van der Waals surface area (Å²) in [6.07, 6.45) is 6.66. The highest BCUT2D eigenvalue weighted by atomic mass is 15.2. The molecule has 0 fully saturated rings. The maximum atomic E-state index is 4.78. The zero-order valence-corrected chi connectivity index (χ0v) is 11.9. The summed E-state index contributed by atoms with van der Waals surface area (Å²) in [7, 11) is 0. The van der Waals surface area contributed by atoms with Crippen LogP contribution in [0.15, 0.2) is 30.6 Å². The van der Waals surface area contributed by atoms with E-state index in [0.717, 1.165) is 25.8 Å². The van der Waals surface area contributed by atoms with Crippen LogP contribution in [-0.2, 0) is 19.4 Å². The summed E-state index contributed by atoms with van der Waals surface area (Å²) in [4.78, 5) is 4.78. The van der Waals surface area contributed by atoms with Gasteiger partial charge in [-0.1, -0.05) is 31.2 Å². The summed E-state index contributed by atoms with van der Waals surface area (Å²) in [5.74, 6) is 1.30. The molecule has 0 spiro atoms. The summed E-state index contributed by atoms with van der Waals surface area (Å²) in [6, 6.07) is 9.28. The molecular formula is C17H20N3+. The minimum absolute atomic E-state index is 0.557. The Morgan fingerprint density at radius 3 is 3.10 bits per heavy atom. The average Bonchev–Trinajstić information content (AvgIpc) is 2.82. The Morgan fingerprint density at radius 1 is 1.30 bits per heavy atom. The van der Waals surface area contributed by atoms with Gasteiger partial charge in [0.05, 0.1) is 5.56 Å². The Bertz CT molecular complexity index is 663. The van der Waals surface area contributed by atoms with E-state index < -0.39 is 0 Å². The molecule has 3 nitrogen and oxygen atoms in total. The van der Waals surface area contributed by atoms with Crippen LogP contribution >= 0.6 is 0 Å². The predicted octanol–water partition coefficient (Wildman–Crippen LogP) is 2.73. The first-order chi connectivity index (χ1) is 9.86. The number of aryl methyl sites for hydroxylation is 1. The second kappa shape index (κ2) is 4.58. The van der Waals surface area contributed by atoms with Gasteiger partial charge in [0.15, 0.2) is 5.69 Å². The fourth-order valence-electron chi connectivity index (χ4n) is 3.46. The molecule has 20 heavy (non-hydrogen) atoms. The SMILES string of the molecule is CCC1C[n+]2cnc3c(c2N1)CCCc1ccccc1-3. The van der Waals surface area contributed by atoms with Gasteiger partial charge >= 0.3 is 0 Å². The van der Waals surface area contributed by atoms with Crippen molar-refractivity contribution < 1.29 is 4.57 Å². The lowest BCUT2D eigenvalue weighted by Crippen LogP contribution is -2.34. The predicted molar refractivity (Wildman–Crippen MR) is 79.6 cm³/mol. The number of fused-ring (bicyclic) bond motifs is 5. The Balaban J connectivity index is 1.89. The lowest BCUT2D eigenvalue weighted by Gasteiger charge is -2.07. The molecule has 4 rings (SSSR count). The van der Waals surface area contributed by atoms with E-state index in [4.69, 9.17) is 4.98 Å². The molecule has 1 aliphatic heterocycles. The van der Waals surface area contributed by atoms with Gasteiger partial charge in [-0.3, -0.25) is 5.32 Å². The van der Waals surface area contributed by atoms with Crippen LogP contribution in [0.3, 0.4) is 0 Å². The van der Waals surface area contributed by atoms with Crippen LogP contribution in [0, 0.1) is 0 Å². The molecule has 0 saturated carbocycles. The van der Waals surface area contributed by atoms with Crippen molar-refractivity contribution in [3.63, 3.8) is 0 Å². The quantitative estimate of drug-likeness (QED) is 0.804. The zero-order valence-electron chi connectivity index (χ0n) is 11.9. The number of anilines is 1. The minimum Gasteiger partial charge on any atom is -0.299 e. The molecular weight excluding hydrogens is 246 g/mol. The number of nitrogens with one attached hydrogen (secondary N) is 1. The second-order valence-corrected chi connectivity index (χ2v) is 5.83. The third-order valence-electron chi connectivity index (χ3n) is 4.58. The van der Waals surface area contributed by atoms with Gasteiger partial charge in [0.2, 0.25) is 12.1 Å². The van der Waals surface area contributed by atoms with Gasteiger partial charge in [-0.05, 0) is 31.2 Å². The van der Waals surface area contributed by atoms with Gasteiger partial charge < -0.3 is 0 Å². The number of benzene rings is 1. The largest absolute Gasteiger partial charge is 0.299 e. The first-order valence-corrected chi connectivity index (χ1v) is 7.63. The third kappa shape index (κ3) is 1.73. The zero-order chi connectivity index (χ0) is 13.5. The number of hydrogen-bond donors (Lipinski definition) is 1.